The van der Waals surface area contributed by atoms with Crippen molar-refractivity contribution in [1.82, 2.24) is 24.2 Å². The van der Waals surface area contributed by atoms with Crippen molar-refractivity contribution >= 4 is 5.97 Å². The maximum Gasteiger partial charge on any atom is 0.303 e. The second-order valence-electron chi connectivity index (χ2n) is 6.59. The zero-order valence-electron chi connectivity index (χ0n) is 14.5. The molecule has 0 aliphatic carbocycles. The highest BCUT2D eigenvalue weighted by Crippen LogP contribution is 2.18. The van der Waals surface area contributed by atoms with Crippen molar-refractivity contribution < 1.29 is 9.90 Å². The van der Waals surface area contributed by atoms with E-state index in [2.05, 4.69) is 39.2 Å². The van der Waals surface area contributed by atoms with Crippen LogP contribution in [0.2, 0.25) is 0 Å². The molecule has 7 nitrogen and oxygen atoms in total. The molecule has 1 aliphatic heterocycles. The quantitative estimate of drug-likeness (QED) is 0.736. The number of benzene rings is 1. The molecule has 0 radical (unpaired) electrons. The molecule has 0 fully saturated rings. The number of aliphatic carboxylic acids is 1. The average molecular weight is 351 g/mol. The third kappa shape index (κ3) is 3.67. The number of aryl methyl sites for hydroxylation is 1. The van der Waals surface area contributed by atoms with E-state index in [0.29, 0.717) is 6.42 Å². The first kappa shape index (κ1) is 16.5. The van der Waals surface area contributed by atoms with Gasteiger partial charge in [-0.2, -0.15) is 5.10 Å². The van der Waals surface area contributed by atoms with Crippen LogP contribution in [0.15, 0.2) is 49.1 Å². The minimum Gasteiger partial charge on any atom is -0.481 e. The highest BCUT2D eigenvalue weighted by molar-refractivity contribution is 5.66. The Morgan fingerprint density at radius 1 is 1.19 bits per heavy atom. The predicted octanol–water partition coefficient (Wildman–Crippen LogP) is 2.10. The molecule has 7 heteroatoms. The van der Waals surface area contributed by atoms with Crippen LogP contribution in [0.1, 0.15) is 23.4 Å². The van der Waals surface area contributed by atoms with Gasteiger partial charge in [-0.05, 0) is 23.8 Å². The first-order valence-electron chi connectivity index (χ1n) is 8.74. The van der Waals surface area contributed by atoms with E-state index in [1.807, 2.05) is 21.5 Å². The summed E-state index contributed by atoms with van der Waals surface area (Å²) in [5.74, 6) is -0.781. The molecule has 0 bridgehead atoms. The summed E-state index contributed by atoms with van der Waals surface area (Å²) in [7, 11) is 0. The molecule has 0 unspecified atom stereocenters. The van der Waals surface area contributed by atoms with Crippen molar-refractivity contribution in [2.75, 3.05) is 6.54 Å². The Hall–Kier alpha value is -2.93. The van der Waals surface area contributed by atoms with Crippen LogP contribution in [0.5, 0.6) is 0 Å². The lowest BCUT2D eigenvalue weighted by Gasteiger charge is -2.27. The summed E-state index contributed by atoms with van der Waals surface area (Å²) in [5, 5.41) is 13.3. The molecule has 1 aromatic carbocycles. The van der Waals surface area contributed by atoms with Crippen LogP contribution in [0.3, 0.4) is 0 Å². The normalized spacial score (nSPS) is 14.3. The fraction of sp³-hybridized carbons (Fsp3) is 0.316. The van der Waals surface area contributed by atoms with Gasteiger partial charge in [-0.25, -0.2) is 4.98 Å². The summed E-state index contributed by atoms with van der Waals surface area (Å²) in [4.78, 5) is 17.2. The van der Waals surface area contributed by atoms with Crippen LogP contribution in [0.25, 0.3) is 5.69 Å². The minimum atomic E-state index is -0.781. The summed E-state index contributed by atoms with van der Waals surface area (Å²) >= 11 is 0. The van der Waals surface area contributed by atoms with Crippen LogP contribution >= 0.6 is 0 Å². The third-order valence-electron chi connectivity index (χ3n) is 4.67. The molecule has 0 amide bonds. The van der Waals surface area contributed by atoms with Gasteiger partial charge in [0.05, 0.1) is 30.7 Å². The molecule has 1 N–H and O–H groups in total. The number of carbonyl (C=O) groups is 1. The highest BCUT2D eigenvalue weighted by atomic mass is 16.4. The molecule has 0 atom stereocenters. The second-order valence-corrected chi connectivity index (χ2v) is 6.59. The van der Waals surface area contributed by atoms with E-state index in [4.69, 9.17) is 5.11 Å². The number of fused-ring (bicyclic) bond motifs is 1. The number of aromatic nitrogens is 4. The lowest BCUT2D eigenvalue weighted by molar-refractivity contribution is -0.136. The molecule has 134 valence electrons. The fourth-order valence-corrected chi connectivity index (χ4v) is 3.32. The van der Waals surface area contributed by atoms with Gasteiger partial charge >= 0.3 is 5.97 Å². The van der Waals surface area contributed by atoms with E-state index in [0.717, 1.165) is 43.3 Å². The number of rotatable bonds is 6. The standard InChI is InChI=1S/C19H21N5O2/c25-19(26)6-3-16-11-18-13-22(9-10-24(18)21-16)12-15-1-4-17(5-2-15)23-8-7-20-14-23/h1-2,4-5,7-8,11,14H,3,6,9-10,12-13H2,(H,25,26). The SMILES string of the molecule is O=C(O)CCc1cc2n(n1)CCN(Cc1ccc(-n3ccnc3)cc1)C2. The fourth-order valence-electron chi connectivity index (χ4n) is 3.32. The number of carboxylic acids is 1. The number of nitrogens with zero attached hydrogens (tertiary/aromatic N) is 5. The first-order chi connectivity index (χ1) is 12.7. The smallest absolute Gasteiger partial charge is 0.303 e. The van der Waals surface area contributed by atoms with Crippen molar-refractivity contribution in [3.63, 3.8) is 0 Å². The molecular weight excluding hydrogens is 330 g/mol. The van der Waals surface area contributed by atoms with Crippen molar-refractivity contribution in [1.29, 1.82) is 0 Å². The van der Waals surface area contributed by atoms with Gasteiger partial charge in [0, 0.05) is 44.1 Å². The van der Waals surface area contributed by atoms with Gasteiger partial charge in [-0.1, -0.05) is 12.1 Å². The topological polar surface area (TPSA) is 76.2 Å². The van der Waals surface area contributed by atoms with Gasteiger partial charge in [0.15, 0.2) is 0 Å². The van der Waals surface area contributed by atoms with E-state index in [1.54, 1.807) is 12.5 Å². The van der Waals surface area contributed by atoms with Crippen LogP contribution in [-0.2, 0) is 30.8 Å². The Bertz CT molecular complexity index is 883. The van der Waals surface area contributed by atoms with Gasteiger partial charge in [0.25, 0.3) is 0 Å². The molecule has 2 aromatic heterocycles. The number of hydrogen-bond donors (Lipinski definition) is 1. The Labute approximate surface area is 151 Å². The lowest BCUT2D eigenvalue weighted by atomic mass is 10.1. The van der Waals surface area contributed by atoms with Crippen LogP contribution < -0.4 is 0 Å². The maximum atomic E-state index is 10.7. The first-order valence-corrected chi connectivity index (χ1v) is 8.74. The highest BCUT2D eigenvalue weighted by Gasteiger charge is 2.18. The van der Waals surface area contributed by atoms with E-state index in [9.17, 15) is 4.79 Å². The lowest BCUT2D eigenvalue weighted by Crippen LogP contribution is -2.33. The Balaban J connectivity index is 1.39. The largest absolute Gasteiger partial charge is 0.481 e. The van der Waals surface area contributed by atoms with Crippen LogP contribution in [-0.4, -0.2) is 41.9 Å². The van der Waals surface area contributed by atoms with Gasteiger partial charge in [-0.3, -0.25) is 14.4 Å². The molecule has 0 saturated heterocycles. The zero-order valence-corrected chi connectivity index (χ0v) is 14.5. The van der Waals surface area contributed by atoms with E-state index in [1.165, 1.54) is 5.56 Å². The minimum absolute atomic E-state index is 0.128. The van der Waals surface area contributed by atoms with Crippen molar-refractivity contribution in [2.45, 2.75) is 32.5 Å². The Morgan fingerprint density at radius 3 is 2.77 bits per heavy atom. The second kappa shape index (κ2) is 7.13. The number of carboxylic acid groups (broad SMARTS) is 1. The molecule has 3 heterocycles. The summed E-state index contributed by atoms with van der Waals surface area (Å²) in [6, 6.07) is 10.6. The molecule has 26 heavy (non-hydrogen) atoms. The maximum absolute atomic E-state index is 10.7. The molecule has 4 rings (SSSR count). The van der Waals surface area contributed by atoms with E-state index < -0.39 is 5.97 Å². The van der Waals surface area contributed by atoms with E-state index >= 15 is 0 Å². The summed E-state index contributed by atoms with van der Waals surface area (Å²) in [6.45, 7) is 3.51. The van der Waals surface area contributed by atoms with Gasteiger partial charge in [0.2, 0.25) is 0 Å². The summed E-state index contributed by atoms with van der Waals surface area (Å²) < 4.78 is 4.00. The van der Waals surface area contributed by atoms with Crippen molar-refractivity contribution in [2.24, 2.45) is 0 Å². The van der Waals surface area contributed by atoms with Gasteiger partial charge in [0.1, 0.15) is 0 Å². The van der Waals surface area contributed by atoms with Crippen LogP contribution in [0.4, 0.5) is 0 Å². The predicted molar refractivity (Wildman–Crippen MR) is 95.9 cm³/mol. The molecule has 0 saturated carbocycles. The summed E-state index contributed by atoms with van der Waals surface area (Å²) in [6.07, 6.45) is 6.12. The van der Waals surface area contributed by atoms with Gasteiger partial charge < -0.3 is 9.67 Å². The Kier molecular flexibility index (Phi) is 4.53. The van der Waals surface area contributed by atoms with Crippen molar-refractivity contribution in [3.05, 3.63) is 66.0 Å². The summed E-state index contributed by atoms with van der Waals surface area (Å²) in [5.41, 5.74) is 4.40. The zero-order chi connectivity index (χ0) is 17.9. The Morgan fingerprint density at radius 2 is 2.04 bits per heavy atom. The molecule has 1 aliphatic rings. The van der Waals surface area contributed by atoms with Crippen molar-refractivity contribution in [3.8, 4) is 5.69 Å². The van der Waals surface area contributed by atoms with Gasteiger partial charge in [-0.15, -0.1) is 0 Å². The van der Waals surface area contributed by atoms with Crippen LogP contribution in [0, 0.1) is 0 Å². The monoisotopic (exact) mass is 351 g/mol. The molecule has 3 aromatic rings. The number of hydrogen-bond acceptors (Lipinski definition) is 4. The average Bonchev–Trinajstić information content (AvgIpc) is 3.30. The third-order valence-corrected chi connectivity index (χ3v) is 4.67. The molecule has 0 spiro atoms. The number of imidazole rings is 1. The molecular formula is C19H21N5O2. The van der Waals surface area contributed by atoms with E-state index in [-0.39, 0.29) is 6.42 Å².